The molecule has 0 unspecified atom stereocenters. The van der Waals surface area contributed by atoms with Crippen LogP contribution in [-0.2, 0) is 6.42 Å². The second kappa shape index (κ2) is 6.28. The molecule has 0 spiro atoms. The van der Waals surface area contributed by atoms with Crippen LogP contribution in [0.5, 0.6) is 0 Å². The third kappa shape index (κ3) is 3.97. The van der Waals surface area contributed by atoms with E-state index in [1.165, 1.54) is 36.8 Å². The zero-order valence-electron chi connectivity index (χ0n) is 12.4. The van der Waals surface area contributed by atoms with Gasteiger partial charge in [0.25, 0.3) is 0 Å². The molecule has 1 nitrogen and oxygen atoms in total. The fraction of sp³-hybridized carbons (Fsp3) is 0.647. The Kier molecular flexibility index (Phi) is 4.92. The molecule has 1 N–H and O–H groups in total. The Hall–Kier alpha value is -0.530. The zero-order chi connectivity index (χ0) is 13.9. The molecule has 1 saturated carbocycles. The van der Waals surface area contributed by atoms with E-state index >= 15 is 0 Å². The summed E-state index contributed by atoms with van der Waals surface area (Å²) < 4.78 is 0. The molecule has 2 heteroatoms. The van der Waals surface area contributed by atoms with Crippen molar-refractivity contribution in [2.45, 2.75) is 58.9 Å². The molecule has 0 saturated heterocycles. The molecule has 0 radical (unpaired) electrons. The lowest BCUT2D eigenvalue weighted by atomic mass is 9.76. The zero-order valence-corrected chi connectivity index (χ0v) is 13.2. The Morgan fingerprint density at radius 3 is 2.47 bits per heavy atom. The molecular formula is C17H26ClN. The van der Waals surface area contributed by atoms with Gasteiger partial charge >= 0.3 is 0 Å². The molecule has 0 heterocycles. The molecule has 1 aliphatic rings. The number of nitrogens with one attached hydrogen (secondary N) is 1. The molecule has 1 aromatic carbocycles. The summed E-state index contributed by atoms with van der Waals surface area (Å²) in [6.07, 6.45) is 6.20. The SMILES string of the molecule is CCC(CC)(CNC1CC1)Cc1ccc(C)cc1Cl. The van der Waals surface area contributed by atoms with Gasteiger partial charge in [-0.05, 0) is 61.6 Å². The fourth-order valence-electron chi connectivity index (χ4n) is 2.66. The maximum Gasteiger partial charge on any atom is 0.0440 e. The summed E-state index contributed by atoms with van der Waals surface area (Å²) in [4.78, 5) is 0. The van der Waals surface area contributed by atoms with E-state index in [0.29, 0.717) is 5.41 Å². The monoisotopic (exact) mass is 279 g/mol. The van der Waals surface area contributed by atoms with Crippen LogP contribution >= 0.6 is 11.6 Å². The minimum atomic E-state index is 0.349. The molecule has 19 heavy (non-hydrogen) atoms. The lowest BCUT2D eigenvalue weighted by Crippen LogP contribution is -2.36. The number of benzene rings is 1. The standard InChI is InChI=1S/C17H26ClN/c1-4-17(5-2,12-19-15-8-9-15)11-14-7-6-13(3)10-16(14)18/h6-7,10,15,19H,4-5,8-9,11-12H2,1-3H3. The predicted octanol–water partition coefficient (Wildman–Crippen LogP) is 4.75. The normalized spacial score (nSPS) is 15.8. The first-order chi connectivity index (χ1) is 9.08. The number of hydrogen-bond acceptors (Lipinski definition) is 1. The van der Waals surface area contributed by atoms with Crippen LogP contribution in [0, 0.1) is 12.3 Å². The predicted molar refractivity (Wildman–Crippen MR) is 83.9 cm³/mol. The maximum atomic E-state index is 6.40. The maximum absolute atomic E-state index is 6.40. The van der Waals surface area contributed by atoms with Gasteiger partial charge in [-0.3, -0.25) is 0 Å². The Morgan fingerprint density at radius 1 is 1.26 bits per heavy atom. The van der Waals surface area contributed by atoms with Crippen molar-refractivity contribution in [3.05, 3.63) is 34.3 Å². The molecule has 2 rings (SSSR count). The highest BCUT2D eigenvalue weighted by molar-refractivity contribution is 6.31. The van der Waals surface area contributed by atoms with E-state index in [1.54, 1.807) is 0 Å². The molecule has 0 atom stereocenters. The minimum Gasteiger partial charge on any atom is -0.313 e. The van der Waals surface area contributed by atoms with Crippen LogP contribution in [0.25, 0.3) is 0 Å². The summed E-state index contributed by atoms with van der Waals surface area (Å²) in [5.41, 5.74) is 2.89. The van der Waals surface area contributed by atoms with Crippen LogP contribution in [0.4, 0.5) is 0 Å². The average Bonchev–Trinajstić information content (AvgIpc) is 3.21. The first-order valence-corrected chi connectivity index (χ1v) is 7.95. The van der Waals surface area contributed by atoms with Gasteiger partial charge in [0.2, 0.25) is 0 Å². The van der Waals surface area contributed by atoms with E-state index in [4.69, 9.17) is 11.6 Å². The van der Waals surface area contributed by atoms with Crippen molar-refractivity contribution in [3.8, 4) is 0 Å². The smallest absolute Gasteiger partial charge is 0.0440 e. The number of hydrogen-bond donors (Lipinski definition) is 1. The Morgan fingerprint density at radius 2 is 1.95 bits per heavy atom. The lowest BCUT2D eigenvalue weighted by Gasteiger charge is -2.33. The molecule has 1 fully saturated rings. The van der Waals surface area contributed by atoms with Gasteiger partial charge in [-0.1, -0.05) is 37.6 Å². The van der Waals surface area contributed by atoms with Gasteiger partial charge in [0.1, 0.15) is 0 Å². The summed E-state index contributed by atoms with van der Waals surface area (Å²) >= 11 is 6.40. The van der Waals surface area contributed by atoms with E-state index < -0.39 is 0 Å². The number of halogens is 1. The first-order valence-electron chi connectivity index (χ1n) is 7.57. The summed E-state index contributed by atoms with van der Waals surface area (Å²) in [5, 5.41) is 4.64. The second-order valence-electron chi connectivity index (χ2n) is 6.13. The first kappa shape index (κ1) is 14.9. The third-order valence-corrected chi connectivity index (χ3v) is 4.97. The van der Waals surface area contributed by atoms with Gasteiger partial charge in [-0.15, -0.1) is 0 Å². The molecular weight excluding hydrogens is 254 g/mol. The van der Waals surface area contributed by atoms with Gasteiger partial charge in [0.05, 0.1) is 0 Å². The van der Waals surface area contributed by atoms with Crippen molar-refractivity contribution in [1.82, 2.24) is 5.32 Å². The van der Waals surface area contributed by atoms with Crippen LogP contribution in [0.3, 0.4) is 0 Å². The van der Waals surface area contributed by atoms with Gasteiger partial charge in [0, 0.05) is 17.6 Å². The van der Waals surface area contributed by atoms with Crippen molar-refractivity contribution >= 4 is 11.6 Å². The van der Waals surface area contributed by atoms with Gasteiger partial charge in [-0.25, -0.2) is 0 Å². The van der Waals surface area contributed by atoms with Crippen LogP contribution in [-0.4, -0.2) is 12.6 Å². The van der Waals surface area contributed by atoms with Crippen molar-refractivity contribution in [1.29, 1.82) is 0 Å². The van der Waals surface area contributed by atoms with Gasteiger partial charge in [0.15, 0.2) is 0 Å². The highest BCUT2D eigenvalue weighted by atomic mass is 35.5. The van der Waals surface area contributed by atoms with Crippen molar-refractivity contribution in [3.63, 3.8) is 0 Å². The number of rotatable bonds is 7. The molecule has 106 valence electrons. The molecule has 0 aliphatic heterocycles. The Labute approximate surface area is 122 Å². The summed E-state index contributed by atoms with van der Waals surface area (Å²) in [6, 6.07) is 7.24. The van der Waals surface area contributed by atoms with Crippen LogP contribution in [0.2, 0.25) is 5.02 Å². The number of aryl methyl sites for hydroxylation is 1. The van der Waals surface area contributed by atoms with Gasteiger partial charge < -0.3 is 5.32 Å². The van der Waals surface area contributed by atoms with E-state index in [1.807, 2.05) is 0 Å². The minimum absolute atomic E-state index is 0.349. The average molecular weight is 280 g/mol. The topological polar surface area (TPSA) is 12.0 Å². The van der Waals surface area contributed by atoms with E-state index in [9.17, 15) is 0 Å². The third-order valence-electron chi connectivity index (χ3n) is 4.62. The summed E-state index contributed by atoms with van der Waals surface area (Å²) in [5.74, 6) is 0. The molecule has 1 aliphatic carbocycles. The van der Waals surface area contributed by atoms with Gasteiger partial charge in [-0.2, -0.15) is 0 Å². The van der Waals surface area contributed by atoms with E-state index in [0.717, 1.165) is 24.0 Å². The largest absolute Gasteiger partial charge is 0.313 e. The molecule has 0 bridgehead atoms. The highest BCUT2D eigenvalue weighted by Gasteiger charge is 2.30. The van der Waals surface area contributed by atoms with Crippen LogP contribution in [0.15, 0.2) is 18.2 Å². The van der Waals surface area contributed by atoms with Crippen LogP contribution < -0.4 is 5.32 Å². The summed E-state index contributed by atoms with van der Waals surface area (Å²) in [7, 11) is 0. The van der Waals surface area contributed by atoms with Crippen molar-refractivity contribution in [2.24, 2.45) is 5.41 Å². The fourth-order valence-corrected chi connectivity index (χ4v) is 2.96. The van der Waals surface area contributed by atoms with Crippen molar-refractivity contribution < 1.29 is 0 Å². The van der Waals surface area contributed by atoms with Crippen LogP contribution in [0.1, 0.15) is 50.7 Å². The van der Waals surface area contributed by atoms with E-state index in [2.05, 4.69) is 44.3 Å². The lowest BCUT2D eigenvalue weighted by molar-refractivity contribution is 0.245. The highest BCUT2D eigenvalue weighted by Crippen LogP contribution is 2.34. The van der Waals surface area contributed by atoms with Crippen molar-refractivity contribution in [2.75, 3.05) is 6.54 Å². The molecule has 0 amide bonds. The Balaban J connectivity index is 2.09. The molecule has 0 aromatic heterocycles. The second-order valence-corrected chi connectivity index (χ2v) is 6.54. The quantitative estimate of drug-likeness (QED) is 0.759. The summed E-state index contributed by atoms with van der Waals surface area (Å²) in [6.45, 7) is 7.83. The van der Waals surface area contributed by atoms with E-state index in [-0.39, 0.29) is 0 Å². The Bertz CT molecular complexity index is 419. The molecule has 1 aromatic rings.